The molecule has 2 N–H and O–H groups in total. The number of rotatable bonds is 7. The third-order valence-corrected chi connectivity index (χ3v) is 4.49. The fourth-order valence-electron chi connectivity index (χ4n) is 2.17. The van der Waals surface area contributed by atoms with Gasteiger partial charge >= 0.3 is 0 Å². The predicted molar refractivity (Wildman–Crippen MR) is 77.4 cm³/mol. The Hall–Kier alpha value is -0.850. The average molecular weight is 287 g/mol. The molecule has 0 spiro atoms. The predicted octanol–water partition coefficient (Wildman–Crippen LogP) is 1.46. The van der Waals surface area contributed by atoms with Crippen molar-refractivity contribution in [2.75, 3.05) is 7.05 Å². The van der Waals surface area contributed by atoms with E-state index in [9.17, 15) is 8.42 Å². The van der Waals surface area contributed by atoms with E-state index in [0.29, 0.717) is 17.4 Å². The van der Waals surface area contributed by atoms with Crippen molar-refractivity contribution in [2.24, 2.45) is 13.0 Å². The second kappa shape index (κ2) is 6.54. The first-order valence-corrected chi connectivity index (χ1v) is 8.06. The molecule has 1 rings (SSSR count). The molecule has 1 aromatic heterocycles. The number of nitrogens with zero attached hydrogens (tertiary/aromatic N) is 1. The van der Waals surface area contributed by atoms with Crippen molar-refractivity contribution in [3.05, 3.63) is 18.0 Å². The Bertz CT molecular complexity index is 506. The van der Waals surface area contributed by atoms with Gasteiger partial charge in [-0.05, 0) is 32.4 Å². The van der Waals surface area contributed by atoms with Gasteiger partial charge in [-0.2, -0.15) is 0 Å². The van der Waals surface area contributed by atoms with E-state index in [-0.39, 0.29) is 6.04 Å². The Morgan fingerprint density at radius 3 is 2.47 bits per heavy atom. The fraction of sp³-hybridized carbons (Fsp3) is 0.692. The van der Waals surface area contributed by atoms with Gasteiger partial charge in [-0.25, -0.2) is 13.1 Å². The average Bonchev–Trinajstić information content (AvgIpc) is 2.59. The van der Waals surface area contributed by atoms with Crippen LogP contribution in [0.5, 0.6) is 0 Å². The summed E-state index contributed by atoms with van der Waals surface area (Å²) in [5, 5.41) is 3.02. The summed E-state index contributed by atoms with van der Waals surface area (Å²) in [6.45, 7) is 6.71. The molecule has 0 bridgehead atoms. The van der Waals surface area contributed by atoms with Gasteiger partial charge in [0.2, 0.25) is 10.0 Å². The highest BCUT2D eigenvalue weighted by Crippen LogP contribution is 2.15. The molecule has 1 unspecified atom stereocenters. The minimum Gasteiger partial charge on any atom is -0.352 e. The van der Waals surface area contributed by atoms with Crippen molar-refractivity contribution in [3.63, 3.8) is 0 Å². The molecule has 0 amide bonds. The zero-order chi connectivity index (χ0) is 14.6. The third-order valence-electron chi connectivity index (χ3n) is 2.93. The summed E-state index contributed by atoms with van der Waals surface area (Å²) in [4.78, 5) is 0.329. The highest BCUT2D eigenvalue weighted by atomic mass is 32.2. The smallest absolute Gasteiger partial charge is 0.242 e. The first-order valence-electron chi connectivity index (χ1n) is 6.58. The molecule has 0 radical (unpaired) electrons. The Labute approximate surface area is 116 Å². The van der Waals surface area contributed by atoms with Crippen LogP contribution in [0.15, 0.2) is 17.2 Å². The van der Waals surface area contributed by atoms with Gasteiger partial charge in [0, 0.05) is 31.5 Å². The molecule has 0 saturated heterocycles. The molecule has 0 saturated carbocycles. The SMILES string of the molecule is CNCc1cc(S(=O)(=O)NC(C)CC(C)C)cn1C. The monoisotopic (exact) mass is 287 g/mol. The van der Waals surface area contributed by atoms with Gasteiger partial charge in [-0.3, -0.25) is 0 Å². The highest BCUT2D eigenvalue weighted by Gasteiger charge is 2.20. The van der Waals surface area contributed by atoms with E-state index in [1.807, 2.05) is 25.6 Å². The van der Waals surface area contributed by atoms with Crippen LogP contribution >= 0.6 is 0 Å². The zero-order valence-electron chi connectivity index (χ0n) is 12.4. The van der Waals surface area contributed by atoms with Crippen LogP contribution in [0.2, 0.25) is 0 Å². The summed E-state index contributed by atoms with van der Waals surface area (Å²) >= 11 is 0. The van der Waals surface area contributed by atoms with E-state index in [1.165, 1.54) is 0 Å². The highest BCUT2D eigenvalue weighted by molar-refractivity contribution is 7.89. The first-order chi connectivity index (χ1) is 8.76. The Morgan fingerprint density at radius 2 is 1.95 bits per heavy atom. The molecule has 110 valence electrons. The first kappa shape index (κ1) is 16.2. The van der Waals surface area contributed by atoms with Crippen LogP contribution in [0.3, 0.4) is 0 Å². The van der Waals surface area contributed by atoms with E-state index in [2.05, 4.69) is 23.9 Å². The summed E-state index contributed by atoms with van der Waals surface area (Å²) in [5.74, 6) is 0.466. The quantitative estimate of drug-likeness (QED) is 0.798. The van der Waals surface area contributed by atoms with Crippen molar-refractivity contribution < 1.29 is 8.42 Å². The summed E-state index contributed by atoms with van der Waals surface area (Å²) in [5.41, 5.74) is 0.944. The summed E-state index contributed by atoms with van der Waals surface area (Å²) in [7, 11) is 0.264. The Morgan fingerprint density at radius 1 is 1.32 bits per heavy atom. The molecule has 5 nitrogen and oxygen atoms in total. The standard InChI is InChI=1S/C13H25N3O2S/c1-10(2)6-11(3)15-19(17,18)13-7-12(8-14-4)16(5)9-13/h7,9-11,14-15H,6,8H2,1-5H3. The molecule has 1 heterocycles. The van der Waals surface area contributed by atoms with Gasteiger partial charge < -0.3 is 9.88 Å². The molecule has 0 fully saturated rings. The molecule has 0 aliphatic heterocycles. The third kappa shape index (κ3) is 4.63. The topological polar surface area (TPSA) is 63.1 Å². The van der Waals surface area contributed by atoms with Crippen LogP contribution in [-0.2, 0) is 23.6 Å². The second-order valence-electron chi connectivity index (χ2n) is 5.46. The van der Waals surface area contributed by atoms with Gasteiger partial charge in [0.15, 0.2) is 0 Å². The van der Waals surface area contributed by atoms with Crippen LogP contribution in [0.1, 0.15) is 32.9 Å². The van der Waals surface area contributed by atoms with Crippen molar-refractivity contribution in [1.82, 2.24) is 14.6 Å². The van der Waals surface area contributed by atoms with Crippen molar-refractivity contribution in [2.45, 2.75) is 44.7 Å². The maximum Gasteiger partial charge on any atom is 0.242 e. The largest absolute Gasteiger partial charge is 0.352 e. The summed E-state index contributed by atoms with van der Waals surface area (Å²) in [6, 6.07) is 1.65. The molecule has 6 heteroatoms. The van der Waals surface area contributed by atoms with Crippen molar-refractivity contribution in [1.29, 1.82) is 0 Å². The van der Waals surface area contributed by atoms with Crippen LogP contribution in [-0.4, -0.2) is 26.1 Å². The normalized spacial score (nSPS) is 14.0. The van der Waals surface area contributed by atoms with E-state index >= 15 is 0 Å². The summed E-state index contributed by atoms with van der Waals surface area (Å²) < 4.78 is 29.1. The molecule has 1 atom stereocenters. The number of aromatic nitrogens is 1. The molecule has 1 aromatic rings. The van der Waals surface area contributed by atoms with Gasteiger partial charge in [0.05, 0.1) is 4.90 Å². The molecule has 0 aliphatic carbocycles. The van der Waals surface area contributed by atoms with E-state index < -0.39 is 10.0 Å². The lowest BCUT2D eigenvalue weighted by Gasteiger charge is -2.15. The fourth-order valence-corrected chi connectivity index (χ4v) is 3.52. The van der Waals surface area contributed by atoms with E-state index in [0.717, 1.165) is 12.1 Å². The Kier molecular flexibility index (Phi) is 5.58. The molecular formula is C13H25N3O2S. The van der Waals surface area contributed by atoms with Crippen LogP contribution in [0.4, 0.5) is 0 Å². The maximum atomic E-state index is 12.2. The number of hydrogen-bond donors (Lipinski definition) is 2. The van der Waals surface area contributed by atoms with Gasteiger partial charge in [-0.15, -0.1) is 0 Å². The maximum absolute atomic E-state index is 12.2. The lowest BCUT2D eigenvalue weighted by atomic mass is 10.1. The van der Waals surface area contributed by atoms with Gasteiger partial charge in [0.25, 0.3) is 0 Å². The molecule has 0 aliphatic rings. The lowest BCUT2D eigenvalue weighted by molar-refractivity contribution is 0.482. The van der Waals surface area contributed by atoms with Crippen LogP contribution < -0.4 is 10.0 Å². The zero-order valence-corrected chi connectivity index (χ0v) is 13.2. The minimum absolute atomic E-state index is 0.0574. The lowest BCUT2D eigenvalue weighted by Crippen LogP contribution is -2.33. The Balaban J connectivity index is 2.85. The second-order valence-corrected chi connectivity index (χ2v) is 7.17. The van der Waals surface area contributed by atoms with Gasteiger partial charge in [0.1, 0.15) is 0 Å². The van der Waals surface area contributed by atoms with Crippen molar-refractivity contribution in [3.8, 4) is 0 Å². The molecular weight excluding hydrogens is 262 g/mol. The number of aryl methyl sites for hydroxylation is 1. The van der Waals surface area contributed by atoms with E-state index in [1.54, 1.807) is 12.3 Å². The summed E-state index contributed by atoms with van der Waals surface area (Å²) in [6.07, 6.45) is 2.48. The minimum atomic E-state index is -3.42. The van der Waals surface area contributed by atoms with Crippen LogP contribution in [0.25, 0.3) is 0 Å². The van der Waals surface area contributed by atoms with Crippen molar-refractivity contribution >= 4 is 10.0 Å². The van der Waals surface area contributed by atoms with E-state index in [4.69, 9.17) is 0 Å². The molecule has 19 heavy (non-hydrogen) atoms. The number of sulfonamides is 1. The number of nitrogens with one attached hydrogen (secondary N) is 2. The number of hydrogen-bond acceptors (Lipinski definition) is 3. The molecule has 0 aromatic carbocycles. The van der Waals surface area contributed by atoms with Crippen LogP contribution in [0, 0.1) is 5.92 Å². The van der Waals surface area contributed by atoms with Gasteiger partial charge in [-0.1, -0.05) is 13.8 Å².